The molecule has 100 valence electrons. The van der Waals surface area contributed by atoms with Gasteiger partial charge in [-0.15, -0.1) is 0 Å². The Morgan fingerprint density at radius 1 is 1.29 bits per heavy atom. The lowest BCUT2D eigenvalue weighted by Gasteiger charge is -2.20. The van der Waals surface area contributed by atoms with Crippen LogP contribution in [0.3, 0.4) is 0 Å². The van der Waals surface area contributed by atoms with Crippen LogP contribution >= 0.6 is 0 Å². The van der Waals surface area contributed by atoms with Crippen molar-refractivity contribution in [3.63, 3.8) is 0 Å². The zero-order valence-electron chi connectivity index (χ0n) is 11.2. The molecule has 0 unspecified atom stereocenters. The molecule has 0 rings (SSSR count). The summed E-state index contributed by atoms with van der Waals surface area (Å²) in [5.41, 5.74) is 1.80. The van der Waals surface area contributed by atoms with Crippen molar-refractivity contribution in [1.29, 1.82) is 0 Å². The van der Waals surface area contributed by atoms with Gasteiger partial charge in [-0.3, -0.25) is 14.4 Å². The fraction of sp³-hybridized carbons (Fsp3) is 0.833. The minimum atomic E-state index is -0.940. The first-order valence-corrected chi connectivity index (χ1v) is 5.81. The van der Waals surface area contributed by atoms with Crippen LogP contribution in [-0.2, 0) is 14.4 Å². The Bertz CT molecular complexity index is 268. The van der Waals surface area contributed by atoms with Gasteiger partial charge in [0, 0.05) is 6.42 Å². The van der Waals surface area contributed by atoms with E-state index < -0.39 is 23.4 Å². The minimum absolute atomic E-state index is 0.0520. The molecule has 17 heavy (non-hydrogen) atoms. The van der Waals surface area contributed by atoms with Gasteiger partial charge in [0.1, 0.15) is 0 Å². The van der Waals surface area contributed by atoms with Gasteiger partial charge in [0.2, 0.25) is 5.91 Å². The number of nitrogens with one attached hydrogen (secondary N) is 1. The molecule has 0 aromatic heterocycles. The van der Waals surface area contributed by atoms with E-state index >= 15 is 0 Å². The Morgan fingerprint density at radius 3 is 2.18 bits per heavy atom. The molecule has 2 N–H and O–H groups in total. The van der Waals surface area contributed by atoms with Gasteiger partial charge in [-0.25, -0.2) is 5.48 Å². The third kappa shape index (κ3) is 8.68. The molecule has 1 atom stereocenters. The third-order valence-corrected chi connectivity index (χ3v) is 2.01. The normalized spacial score (nSPS) is 13.5. The number of carbonyl (C=O) groups excluding carboxylic acids is 1. The summed E-state index contributed by atoms with van der Waals surface area (Å²) in [6.07, 6.45) is 0.432. The van der Waals surface area contributed by atoms with E-state index in [1.54, 1.807) is 20.8 Å². The highest BCUT2D eigenvalue weighted by molar-refractivity contribution is 5.81. The van der Waals surface area contributed by atoms with Crippen LogP contribution < -0.4 is 5.48 Å². The number of hydroxylamine groups is 1. The van der Waals surface area contributed by atoms with Crippen LogP contribution in [0.2, 0.25) is 0 Å². The molecule has 0 aliphatic heterocycles. The molecule has 1 amide bonds. The Kier molecular flexibility index (Phi) is 6.16. The number of carboxylic acid groups (broad SMARTS) is 1. The number of carbonyl (C=O) groups is 2. The molecule has 0 bridgehead atoms. The average Bonchev–Trinajstić information content (AvgIpc) is 2.11. The Hall–Kier alpha value is -1.10. The predicted octanol–water partition coefficient (Wildman–Crippen LogP) is 1.97. The second-order valence-corrected chi connectivity index (χ2v) is 5.61. The largest absolute Gasteiger partial charge is 0.481 e. The first kappa shape index (κ1) is 15.9. The fourth-order valence-electron chi connectivity index (χ4n) is 1.32. The molecule has 0 fully saturated rings. The summed E-state index contributed by atoms with van der Waals surface area (Å²) in [4.78, 5) is 27.5. The van der Waals surface area contributed by atoms with E-state index in [1.807, 2.05) is 13.8 Å². The van der Waals surface area contributed by atoms with Crippen molar-refractivity contribution in [2.45, 2.75) is 53.1 Å². The van der Waals surface area contributed by atoms with Crippen LogP contribution in [0.4, 0.5) is 0 Å². The molecule has 0 heterocycles. The summed E-state index contributed by atoms with van der Waals surface area (Å²) in [6, 6.07) is 0. The molecule has 0 aromatic rings. The van der Waals surface area contributed by atoms with Crippen molar-refractivity contribution < 1.29 is 19.5 Å². The molecule has 0 saturated heterocycles. The van der Waals surface area contributed by atoms with Gasteiger partial charge in [0.05, 0.1) is 11.5 Å². The van der Waals surface area contributed by atoms with Crippen LogP contribution in [-0.4, -0.2) is 22.6 Å². The van der Waals surface area contributed by atoms with Crippen molar-refractivity contribution >= 4 is 11.9 Å². The predicted molar refractivity (Wildman–Crippen MR) is 64.2 cm³/mol. The van der Waals surface area contributed by atoms with Crippen LogP contribution in [0.1, 0.15) is 47.5 Å². The summed E-state index contributed by atoms with van der Waals surface area (Å²) in [5, 5.41) is 8.98. The van der Waals surface area contributed by atoms with Gasteiger partial charge in [-0.2, -0.15) is 0 Å². The van der Waals surface area contributed by atoms with E-state index in [-0.39, 0.29) is 12.3 Å². The van der Waals surface area contributed by atoms with Crippen molar-refractivity contribution in [2.75, 3.05) is 0 Å². The summed E-state index contributed by atoms with van der Waals surface area (Å²) in [6.45, 7) is 9.27. The highest BCUT2D eigenvalue weighted by atomic mass is 16.7. The molecule has 0 spiro atoms. The molecule has 0 aromatic carbocycles. The van der Waals surface area contributed by atoms with Crippen LogP contribution in [0, 0.1) is 11.8 Å². The summed E-state index contributed by atoms with van der Waals surface area (Å²) >= 11 is 0. The first-order valence-electron chi connectivity index (χ1n) is 5.81. The zero-order chi connectivity index (χ0) is 13.6. The Labute approximate surface area is 102 Å². The van der Waals surface area contributed by atoms with Gasteiger partial charge in [0.25, 0.3) is 0 Å². The highest BCUT2D eigenvalue weighted by Crippen LogP contribution is 2.16. The van der Waals surface area contributed by atoms with Crippen molar-refractivity contribution in [3.05, 3.63) is 0 Å². The van der Waals surface area contributed by atoms with E-state index in [0.29, 0.717) is 6.42 Å². The number of rotatable bonds is 6. The first-order chi connectivity index (χ1) is 7.61. The van der Waals surface area contributed by atoms with E-state index in [1.165, 1.54) is 0 Å². The lowest BCUT2D eigenvalue weighted by Crippen LogP contribution is -2.35. The second kappa shape index (κ2) is 6.59. The minimum Gasteiger partial charge on any atom is -0.481 e. The summed E-state index contributed by atoms with van der Waals surface area (Å²) in [5.74, 6) is -1.75. The van der Waals surface area contributed by atoms with E-state index in [9.17, 15) is 9.59 Å². The van der Waals surface area contributed by atoms with E-state index in [4.69, 9.17) is 9.94 Å². The maximum Gasteiger partial charge on any atom is 0.307 e. The number of amides is 1. The zero-order valence-corrected chi connectivity index (χ0v) is 11.2. The number of hydrogen-bond donors (Lipinski definition) is 2. The van der Waals surface area contributed by atoms with Crippen LogP contribution in [0.15, 0.2) is 0 Å². The third-order valence-electron chi connectivity index (χ3n) is 2.01. The average molecular weight is 245 g/mol. The standard InChI is InChI=1S/C12H23NO4/c1-8(2)6-9(11(15)16)7-10(14)13-17-12(3,4)5/h8-9H,6-7H2,1-5H3,(H,13,14)(H,15,16)/t9-/m1/s1. The summed E-state index contributed by atoms with van der Waals surface area (Å²) in [7, 11) is 0. The topological polar surface area (TPSA) is 75.6 Å². The molecule has 0 radical (unpaired) electrons. The quantitative estimate of drug-likeness (QED) is 0.701. The second-order valence-electron chi connectivity index (χ2n) is 5.61. The van der Waals surface area contributed by atoms with Gasteiger partial charge in [0.15, 0.2) is 0 Å². The maximum absolute atomic E-state index is 11.5. The number of hydrogen-bond acceptors (Lipinski definition) is 3. The van der Waals surface area contributed by atoms with Gasteiger partial charge in [-0.05, 0) is 33.1 Å². The van der Waals surface area contributed by atoms with Gasteiger partial charge in [-0.1, -0.05) is 13.8 Å². The maximum atomic E-state index is 11.5. The van der Waals surface area contributed by atoms with Crippen LogP contribution in [0.5, 0.6) is 0 Å². The van der Waals surface area contributed by atoms with Gasteiger partial charge >= 0.3 is 5.97 Å². The Morgan fingerprint density at radius 2 is 1.82 bits per heavy atom. The van der Waals surface area contributed by atoms with E-state index in [0.717, 1.165) is 0 Å². The van der Waals surface area contributed by atoms with E-state index in [2.05, 4.69) is 5.48 Å². The highest BCUT2D eigenvalue weighted by Gasteiger charge is 2.23. The molecule has 0 aliphatic carbocycles. The molecular formula is C12H23NO4. The molecular weight excluding hydrogens is 222 g/mol. The van der Waals surface area contributed by atoms with Crippen molar-refractivity contribution in [3.8, 4) is 0 Å². The van der Waals surface area contributed by atoms with Crippen molar-refractivity contribution in [1.82, 2.24) is 5.48 Å². The van der Waals surface area contributed by atoms with Crippen LogP contribution in [0.25, 0.3) is 0 Å². The molecule has 0 aliphatic rings. The Balaban J connectivity index is 4.18. The number of carboxylic acids is 1. The summed E-state index contributed by atoms with van der Waals surface area (Å²) < 4.78 is 0. The molecule has 5 nitrogen and oxygen atoms in total. The monoisotopic (exact) mass is 245 g/mol. The molecule has 0 saturated carbocycles. The fourth-order valence-corrected chi connectivity index (χ4v) is 1.32. The lowest BCUT2D eigenvalue weighted by atomic mass is 9.94. The molecule has 5 heteroatoms. The lowest BCUT2D eigenvalue weighted by molar-refractivity contribution is -0.152. The smallest absolute Gasteiger partial charge is 0.307 e. The van der Waals surface area contributed by atoms with Gasteiger partial charge < -0.3 is 5.11 Å². The van der Waals surface area contributed by atoms with Crippen molar-refractivity contribution in [2.24, 2.45) is 11.8 Å². The number of aliphatic carboxylic acids is 1. The SMILES string of the molecule is CC(C)C[C@H](CC(=O)NOC(C)(C)C)C(=O)O.